The molecule has 160 valence electrons. The quantitative estimate of drug-likeness (QED) is 0.636. The number of benzene rings is 2. The maximum absolute atomic E-state index is 12.7. The molecule has 6 heteroatoms. The Labute approximate surface area is 183 Å². The van der Waals surface area contributed by atoms with Gasteiger partial charge in [-0.2, -0.15) is 0 Å². The first-order valence-electron chi connectivity index (χ1n) is 10.8. The summed E-state index contributed by atoms with van der Waals surface area (Å²) in [6.45, 7) is 5.12. The molecule has 1 amide bonds. The van der Waals surface area contributed by atoms with Crippen LogP contribution in [0.1, 0.15) is 29.3 Å². The molecule has 3 aromatic rings. The number of aryl methyl sites for hydroxylation is 1. The molecule has 1 N–H and O–H groups in total. The van der Waals surface area contributed by atoms with E-state index in [1.54, 1.807) is 0 Å². The Hall–Kier alpha value is -3.25. The fourth-order valence-electron chi connectivity index (χ4n) is 3.67. The van der Waals surface area contributed by atoms with Crippen LogP contribution in [0.4, 0.5) is 5.82 Å². The van der Waals surface area contributed by atoms with Crippen LogP contribution in [0.15, 0.2) is 66.7 Å². The van der Waals surface area contributed by atoms with E-state index in [0.717, 1.165) is 43.0 Å². The highest BCUT2D eigenvalue weighted by atomic mass is 16.5. The standard InChI is InChI=1S/C25H28N4O2/c1-19(10-11-20-6-3-2-4-7-20)26-25(30)22-9-5-8-21(18-22)23-12-13-24(28-27-23)29-14-16-31-17-15-29/h2-9,12-13,18-19H,10-11,14-17H2,1H3,(H,26,30). The summed E-state index contributed by atoms with van der Waals surface area (Å²) < 4.78 is 5.39. The molecule has 4 rings (SSSR count). The Bertz CT molecular complexity index is 986. The van der Waals surface area contributed by atoms with E-state index in [1.165, 1.54) is 5.56 Å². The molecule has 1 aliphatic heterocycles. The molecule has 0 radical (unpaired) electrons. The highest BCUT2D eigenvalue weighted by Gasteiger charge is 2.14. The summed E-state index contributed by atoms with van der Waals surface area (Å²) in [7, 11) is 0. The predicted molar refractivity (Wildman–Crippen MR) is 122 cm³/mol. The van der Waals surface area contributed by atoms with Crippen LogP contribution in [0.3, 0.4) is 0 Å². The molecule has 2 aromatic carbocycles. The molecule has 0 spiro atoms. The summed E-state index contributed by atoms with van der Waals surface area (Å²) in [5.74, 6) is 0.786. The number of nitrogens with one attached hydrogen (secondary N) is 1. The topological polar surface area (TPSA) is 67.4 Å². The first kappa shape index (κ1) is 21.0. The van der Waals surface area contributed by atoms with Gasteiger partial charge in [0.25, 0.3) is 5.91 Å². The van der Waals surface area contributed by atoms with Crippen LogP contribution < -0.4 is 10.2 Å². The minimum atomic E-state index is -0.0692. The highest BCUT2D eigenvalue weighted by molar-refractivity contribution is 5.95. The zero-order valence-electron chi connectivity index (χ0n) is 17.8. The number of ether oxygens (including phenoxy) is 1. The largest absolute Gasteiger partial charge is 0.378 e. The number of hydrogen-bond acceptors (Lipinski definition) is 5. The van der Waals surface area contributed by atoms with Gasteiger partial charge in [0.2, 0.25) is 0 Å². The number of carbonyl (C=O) groups excluding carboxylic acids is 1. The van der Waals surface area contributed by atoms with Crippen LogP contribution in [0.5, 0.6) is 0 Å². The van der Waals surface area contributed by atoms with E-state index in [0.29, 0.717) is 18.8 Å². The minimum Gasteiger partial charge on any atom is -0.378 e. The Morgan fingerprint density at radius 3 is 2.58 bits per heavy atom. The van der Waals surface area contributed by atoms with Crippen LogP contribution in [0, 0.1) is 0 Å². The molecular formula is C25H28N4O2. The molecule has 1 atom stereocenters. The van der Waals surface area contributed by atoms with E-state index in [-0.39, 0.29) is 11.9 Å². The van der Waals surface area contributed by atoms with Crippen molar-refractivity contribution in [3.8, 4) is 11.3 Å². The zero-order valence-corrected chi connectivity index (χ0v) is 17.8. The number of carbonyl (C=O) groups is 1. The van der Waals surface area contributed by atoms with E-state index >= 15 is 0 Å². The van der Waals surface area contributed by atoms with Gasteiger partial charge in [-0.05, 0) is 49.6 Å². The monoisotopic (exact) mass is 416 g/mol. The fraction of sp³-hybridized carbons (Fsp3) is 0.320. The first-order chi connectivity index (χ1) is 15.2. The van der Waals surface area contributed by atoms with E-state index < -0.39 is 0 Å². The van der Waals surface area contributed by atoms with Gasteiger partial charge in [-0.25, -0.2) is 0 Å². The maximum atomic E-state index is 12.7. The summed E-state index contributed by atoms with van der Waals surface area (Å²) in [5, 5.41) is 11.9. The molecule has 0 bridgehead atoms. The SMILES string of the molecule is CC(CCc1ccccc1)NC(=O)c1cccc(-c2ccc(N3CCOCC3)nn2)c1. The summed E-state index contributed by atoms with van der Waals surface area (Å²) in [6, 6.07) is 21.9. The normalized spacial score (nSPS) is 14.8. The molecule has 1 saturated heterocycles. The van der Waals surface area contributed by atoms with Gasteiger partial charge in [-0.15, -0.1) is 10.2 Å². The van der Waals surface area contributed by atoms with Crippen molar-refractivity contribution in [3.63, 3.8) is 0 Å². The van der Waals surface area contributed by atoms with Crippen molar-refractivity contribution < 1.29 is 9.53 Å². The summed E-state index contributed by atoms with van der Waals surface area (Å²) in [4.78, 5) is 14.9. The van der Waals surface area contributed by atoms with Crippen molar-refractivity contribution in [2.24, 2.45) is 0 Å². The second-order valence-electron chi connectivity index (χ2n) is 7.86. The Morgan fingerprint density at radius 2 is 1.84 bits per heavy atom. The van der Waals surface area contributed by atoms with Gasteiger partial charge in [0.1, 0.15) is 0 Å². The van der Waals surface area contributed by atoms with Gasteiger partial charge >= 0.3 is 0 Å². The second-order valence-corrected chi connectivity index (χ2v) is 7.86. The van der Waals surface area contributed by atoms with Crippen molar-refractivity contribution >= 4 is 11.7 Å². The number of aromatic nitrogens is 2. The van der Waals surface area contributed by atoms with Gasteiger partial charge in [-0.1, -0.05) is 42.5 Å². The molecule has 1 aliphatic rings. The summed E-state index contributed by atoms with van der Waals surface area (Å²) >= 11 is 0. The van der Waals surface area contributed by atoms with E-state index in [2.05, 4.69) is 32.5 Å². The smallest absolute Gasteiger partial charge is 0.251 e. The lowest BCUT2D eigenvalue weighted by molar-refractivity contribution is 0.0938. The number of morpholine rings is 1. The second kappa shape index (κ2) is 10.2. The van der Waals surface area contributed by atoms with Crippen LogP contribution in [-0.2, 0) is 11.2 Å². The molecule has 6 nitrogen and oxygen atoms in total. The number of anilines is 1. The van der Waals surface area contributed by atoms with Crippen molar-refractivity contribution in [2.75, 3.05) is 31.2 Å². The van der Waals surface area contributed by atoms with E-state index in [4.69, 9.17) is 4.74 Å². The number of amides is 1. The first-order valence-corrected chi connectivity index (χ1v) is 10.8. The maximum Gasteiger partial charge on any atom is 0.251 e. The average Bonchev–Trinajstić information content (AvgIpc) is 2.84. The van der Waals surface area contributed by atoms with Gasteiger partial charge < -0.3 is 15.0 Å². The lowest BCUT2D eigenvalue weighted by atomic mass is 10.0. The van der Waals surface area contributed by atoms with Crippen molar-refractivity contribution in [1.82, 2.24) is 15.5 Å². The van der Waals surface area contributed by atoms with Crippen molar-refractivity contribution in [1.29, 1.82) is 0 Å². The van der Waals surface area contributed by atoms with Crippen LogP contribution in [0.25, 0.3) is 11.3 Å². The zero-order chi connectivity index (χ0) is 21.5. The molecule has 2 heterocycles. The van der Waals surface area contributed by atoms with Crippen LogP contribution in [-0.4, -0.2) is 48.4 Å². The van der Waals surface area contributed by atoms with Gasteiger partial charge in [0, 0.05) is 30.3 Å². The fourth-order valence-corrected chi connectivity index (χ4v) is 3.67. The van der Waals surface area contributed by atoms with Crippen molar-refractivity contribution in [2.45, 2.75) is 25.8 Å². The van der Waals surface area contributed by atoms with Crippen LogP contribution in [0.2, 0.25) is 0 Å². The van der Waals surface area contributed by atoms with Crippen molar-refractivity contribution in [3.05, 3.63) is 77.9 Å². The average molecular weight is 417 g/mol. The lowest BCUT2D eigenvalue weighted by Crippen LogP contribution is -2.36. The Kier molecular flexibility index (Phi) is 6.89. The third-order valence-corrected chi connectivity index (χ3v) is 5.49. The highest BCUT2D eigenvalue weighted by Crippen LogP contribution is 2.20. The molecule has 0 saturated carbocycles. The van der Waals surface area contributed by atoms with E-state index in [9.17, 15) is 4.79 Å². The third kappa shape index (κ3) is 5.67. The predicted octanol–water partition coefficient (Wildman–Crippen LogP) is 3.73. The van der Waals surface area contributed by atoms with Gasteiger partial charge in [0.15, 0.2) is 5.82 Å². The molecule has 1 fully saturated rings. The van der Waals surface area contributed by atoms with Crippen LogP contribution >= 0.6 is 0 Å². The lowest BCUT2D eigenvalue weighted by Gasteiger charge is -2.27. The Morgan fingerprint density at radius 1 is 1.03 bits per heavy atom. The third-order valence-electron chi connectivity index (χ3n) is 5.49. The molecule has 1 unspecified atom stereocenters. The minimum absolute atomic E-state index is 0.0692. The molecular weight excluding hydrogens is 388 g/mol. The number of hydrogen-bond donors (Lipinski definition) is 1. The number of rotatable bonds is 7. The number of nitrogens with zero attached hydrogens (tertiary/aromatic N) is 3. The van der Waals surface area contributed by atoms with Gasteiger partial charge in [-0.3, -0.25) is 4.79 Å². The summed E-state index contributed by atoms with van der Waals surface area (Å²) in [5.41, 5.74) is 3.54. The van der Waals surface area contributed by atoms with Gasteiger partial charge in [0.05, 0.1) is 18.9 Å². The molecule has 1 aromatic heterocycles. The molecule has 0 aliphatic carbocycles. The Balaban J connectivity index is 1.37. The molecule has 31 heavy (non-hydrogen) atoms. The van der Waals surface area contributed by atoms with E-state index in [1.807, 2.05) is 61.5 Å². The summed E-state index contributed by atoms with van der Waals surface area (Å²) in [6.07, 6.45) is 1.83.